The smallest absolute Gasteiger partial charge is 0.270 e. The lowest BCUT2D eigenvalue weighted by Crippen LogP contribution is -2.15. The van der Waals surface area contributed by atoms with Gasteiger partial charge in [-0.25, -0.2) is 14.4 Å². The first-order valence-corrected chi connectivity index (χ1v) is 9.53. The molecule has 0 atom stereocenters. The summed E-state index contributed by atoms with van der Waals surface area (Å²) in [6.45, 7) is 2.56. The van der Waals surface area contributed by atoms with E-state index < -0.39 is 0 Å². The number of hydrogen-bond donors (Lipinski definition) is 2. The van der Waals surface area contributed by atoms with Crippen LogP contribution in [0.2, 0.25) is 0 Å². The van der Waals surface area contributed by atoms with E-state index in [4.69, 9.17) is 10.2 Å². The minimum atomic E-state index is -0.389. The molecule has 4 rings (SSSR count). The van der Waals surface area contributed by atoms with Crippen LogP contribution in [0, 0.1) is 6.92 Å². The summed E-state index contributed by atoms with van der Waals surface area (Å²) in [7, 11) is 0. The third-order valence-corrected chi connectivity index (χ3v) is 4.58. The number of nitrogen functional groups attached to an aromatic ring is 1. The van der Waals surface area contributed by atoms with Crippen LogP contribution in [0.4, 0.5) is 10.2 Å². The average Bonchev–Trinajstić information content (AvgIpc) is 3.25. The molecule has 2 aromatic carbocycles. The van der Waals surface area contributed by atoms with Gasteiger partial charge in [0.25, 0.3) is 5.89 Å². The molecule has 152 valence electrons. The molecule has 0 bridgehead atoms. The summed E-state index contributed by atoms with van der Waals surface area (Å²) >= 11 is 0. The van der Waals surface area contributed by atoms with Crippen molar-refractivity contribution < 1.29 is 8.81 Å². The van der Waals surface area contributed by atoms with Gasteiger partial charge in [0, 0.05) is 24.2 Å². The first-order chi connectivity index (χ1) is 14.6. The van der Waals surface area contributed by atoms with Gasteiger partial charge in [-0.15, -0.1) is 10.2 Å². The lowest BCUT2D eigenvalue weighted by Gasteiger charge is -2.05. The van der Waals surface area contributed by atoms with E-state index in [1.807, 2.05) is 55.5 Å². The van der Waals surface area contributed by atoms with Crippen molar-refractivity contribution in [1.82, 2.24) is 25.5 Å². The van der Waals surface area contributed by atoms with Crippen molar-refractivity contribution in [3.05, 3.63) is 65.9 Å². The number of nitrogens with two attached hydrogens (primary N) is 1. The fourth-order valence-corrected chi connectivity index (χ4v) is 2.92. The number of hydrogen-bond acceptors (Lipinski definition) is 7. The van der Waals surface area contributed by atoms with Gasteiger partial charge in [-0.05, 0) is 24.6 Å². The molecule has 0 saturated heterocycles. The Kier molecular flexibility index (Phi) is 5.76. The number of halogens is 1. The summed E-state index contributed by atoms with van der Waals surface area (Å²) in [6.07, 6.45) is 1.62. The SMILES string of the molecule is Cc1ccc(-c2cnc(N)c(-c3nnc(-c4ccc(CNCCF)cc4)o3)n2)cc1. The second-order valence-corrected chi connectivity index (χ2v) is 6.83. The fourth-order valence-electron chi connectivity index (χ4n) is 2.92. The summed E-state index contributed by atoms with van der Waals surface area (Å²) in [6, 6.07) is 15.6. The Balaban J connectivity index is 1.58. The Bertz CT molecular complexity index is 1130. The molecular formula is C22H21FN6O. The molecule has 2 heterocycles. The molecule has 0 unspecified atom stereocenters. The fraction of sp³-hybridized carbons (Fsp3) is 0.182. The number of rotatable bonds is 7. The highest BCUT2D eigenvalue weighted by Crippen LogP contribution is 2.28. The van der Waals surface area contributed by atoms with Crippen molar-refractivity contribution in [2.75, 3.05) is 19.0 Å². The quantitative estimate of drug-likeness (QED) is 0.452. The van der Waals surface area contributed by atoms with E-state index in [2.05, 4.69) is 25.5 Å². The van der Waals surface area contributed by atoms with Crippen LogP contribution in [0.1, 0.15) is 11.1 Å². The third-order valence-electron chi connectivity index (χ3n) is 4.58. The Morgan fingerprint density at radius 3 is 2.40 bits per heavy atom. The van der Waals surface area contributed by atoms with Gasteiger partial charge >= 0.3 is 0 Å². The molecule has 0 amide bonds. The Hall–Kier alpha value is -3.65. The van der Waals surface area contributed by atoms with Crippen molar-refractivity contribution in [3.8, 4) is 34.3 Å². The molecule has 0 spiro atoms. The number of anilines is 1. The zero-order valence-corrected chi connectivity index (χ0v) is 16.5. The van der Waals surface area contributed by atoms with Gasteiger partial charge in [0.15, 0.2) is 11.5 Å². The Labute approximate surface area is 173 Å². The van der Waals surface area contributed by atoms with Crippen LogP contribution in [0.3, 0.4) is 0 Å². The number of alkyl halides is 1. The van der Waals surface area contributed by atoms with Crippen molar-refractivity contribution in [3.63, 3.8) is 0 Å². The van der Waals surface area contributed by atoms with Crippen molar-refractivity contribution >= 4 is 5.82 Å². The minimum Gasteiger partial charge on any atom is -0.414 e. The number of aromatic nitrogens is 4. The molecule has 0 aliphatic heterocycles. The highest BCUT2D eigenvalue weighted by atomic mass is 19.1. The summed E-state index contributed by atoms with van der Waals surface area (Å²) in [5.74, 6) is 0.781. The van der Waals surface area contributed by atoms with E-state index in [-0.39, 0.29) is 18.4 Å². The molecule has 8 heteroatoms. The zero-order chi connectivity index (χ0) is 20.9. The van der Waals surface area contributed by atoms with Crippen LogP contribution in [0.5, 0.6) is 0 Å². The zero-order valence-electron chi connectivity index (χ0n) is 16.5. The molecule has 2 aromatic heterocycles. The van der Waals surface area contributed by atoms with Gasteiger partial charge in [0.05, 0.1) is 11.9 Å². The van der Waals surface area contributed by atoms with E-state index in [1.54, 1.807) is 6.20 Å². The first kappa shape index (κ1) is 19.7. The van der Waals surface area contributed by atoms with Crippen LogP contribution in [0.25, 0.3) is 34.3 Å². The number of nitrogens with zero attached hydrogens (tertiary/aromatic N) is 4. The Morgan fingerprint density at radius 2 is 1.67 bits per heavy atom. The van der Waals surface area contributed by atoms with Crippen LogP contribution < -0.4 is 11.1 Å². The number of aryl methyl sites for hydroxylation is 1. The van der Waals surface area contributed by atoms with Crippen molar-refractivity contribution in [2.24, 2.45) is 0 Å². The molecule has 0 radical (unpaired) electrons. The first-order valence-electron chi connectivity index (χ1n) is 9.53. The van der Waals surface area contributed by atoms with E-state index in [0.29, 0.717) is 30.4 Å². The molecular weight excluding hydrogens is 383 g/mol. The highest BCUT2D eigenvalue weighted by Gasteiger charge is 2.16. The van der Waals surface area contributed by atoms with Crippen LogP contribution >= 0.6 is 0 Å². The lowest BCUT2D eigenvalue weighted by atomic mass is 10.1. The van der Waals surface area contributed by atoms with Gasteiger partial charge in [0.2, 0.25) is 5.89 Å². The van der Waals surface area contributed by atoms with Crippen LogP contribution in [0.15, 0.2) is 59.1 Å². The summed E-state index contributed by atoms with van der Waals surface area (Å²) in [5, 5.41) is 11.2. The molecule has 7 nitrogen and oxygen atoms in total. The molecule has 4 aromatic rings. The molecule has 0 aliphatic carbocycles. The topological polar surface area (TPSA) is 103 Å². The summed E-state index contributed by atoms with van der Waals surface area (Å²) < 4.78 is 18.0. The predicted molar refractivity (Wildman–Crippen MR) is 113 cm³/mol. The summed E-state index contributed by atoms with van der Waals surface area (Å²) in [5.41, 5.74) is 10.9. The molecule has 0 saturated carbocycles. The van der Waals surface area contributed by atoms with Gasteiger partial charge in [-0.2, -0.15) is 0 Å². The minimum absolute atomic E-state index is 0.206. The number of benzene rings is 2. The second kappa shape index (κ2) is 8.79. The van der Waals surface area contributed by atoms with Crippen LogP contribution in [-0.4, -0.2) is 33.4 Å². The van der Waals surface area contributed by atoms with Gasteiger partial charge in [-0.3, -0.25) is 0 Å². The lowest BCUT2D eigenvalue weighted by molar-refractivity contribution is 0.467. The molecule has 0 aliphatic rings. The largest absolute Gasteiger partial charge is 0.414 e. The normalized spacial score (nSPS) is 11.0. The summed E-state index contributed by atoms with van der Waals surface area (Å²) in [4.78, 5) is 8.82. The Morgan fingerprint density at radius 1 is 0.967 bits per heavy atom. The van der Waals surface area contributed by atoms with Crippen LogP contribution in [-0.2, 0) is 6.54 Å². The van der Waals surface area contributed by atoms with E-state index >= 15 is 0 Å². The maximum absolute atomic E-state index is 12.2. The van der Waals surface area contributed by atoms with Crippen molar-refractivity contribution in [1.29, 1.82) is 0 Å². The average molecular weight is 404 g/mol. The second-order valence-electron chi connectivity index (χ2n) is 6.83. The highest BCUT2D eigenvalue weighted by molar-refractivity contribution is 5.68. The molecule has 0 fully saturated rings. The van der Waals surface area contributed by atoms with Gasteiger partial charge in [0.1, 0.15) is 6.67 Å². The van der Waals surface area contributed by atoms with E-state index in [9.17, 15) is 4.39 Å². The van der Waals surface area contributed by atoms with E-state index in [0.717, 1.165) is 22.3 Å². The molecule has 3 N–H and O–H groups in total. The van der Waals surface area contributed by atoms with Gasteiger partial charge < -0.3 is 15.5 Å². The maximum Gasteiger partial charge on any atom is 0.270 e. The standard InChI is InChI=1S/C22H21FN6O/c1-14-2-6-16(7-3-14)18-13-26-20(24)19(27-18)22-29-28-21(30-22)17-8-4-15(5-9-17)12-25-11-10-23/h2-9,13,25H,10-12H2,1H3,(H2,24,26). The third kappa shape index (κ3) is 4.33. The predicted octanol–water partition coefficient (Wildman–Crippen LogP) is 3.81. The maximum atomic E-state index is 12.2. The van der Waals surface area contributed by atoms with Crippen molar-refractivity contribution in [2.45, 2.75) is 13.5 Å². The molecule has 30 heavy (non-hydrogen) atoms. The number of nitrogens with one attached hydrogen (secondary N) is 1. The van der Waals surface area contributed by atoms with Gasteiger partial charge in [-0.1, -0.05) is 42.0 Å². The monoisotopic (exact) mass is 404 g/mol. The van der Waals surface area contributed by atoms with E-state index in [1.165, 1.54) is 0 Å².